The number of hydrogen-bond donors (Lipinski definition) is 1. The Hall–Kier alpha value is -3.07. The quantitative estimate of drug-likeness (QED) is 0.419. The van der Waals surface area contributed by atoms with E-state index in [-0.39, 0.29) is 5.75 Å². The molecule has 0 fully saturated rings. The molecule has 0 saturated carbocycles. The van der Waals surface area contributed by atoms with E-state index in [1.165, 1.54) is 6.07 Å². The largest absolute Gasteiger partial charge is 0.507 e. The molecule has 0 atom stereocenters. The summed E-state index contributed by atoms with van der Waals surface area (Å²) in [4.78, 5) is 12.0. The Bertz CT molecular complexity index is 1050. The van der Waals surface area contributed by atoms with Crippen molar-refractivity contribution < 1.29 is 9.52 Å². The van der Waals surface area contributed by atoms with Gasteiger partial charge in [-0.05, 0) is 29.3 Å². The van der Waals surface area contributed by atoms with Gasteiger partial charge in [-0.2, -0.15) is 0 Å². The third-order valence-electron chi connectivity index (χ3n) is 3.83. The van der Waals surface area contributed by atoms with Crippen LogP contribution < -0.4 is 5.63 Å². The van der Waals surface area contributed by atoms with Gasteiger partial charge in [0, 0.05) is 22.2 Å². The lowest BCUT2D eigenvalue weighted by Crippen LogP contribution is -1.98. The summed E-state index contributed by atoms with van der Waals surface area (Å²) in [5.41, 5.74) is 1.89. The molecule has 0 unspecified atom stereocenters. The molecule has 0 radical (unpaired) electrons. The first kappa shape index (κ1) is 12.7. The summed E-state index contributed by atoms with van der Waals surface area (Å²) < 4.78 is 5.43. The number of aromatic hydroxyl groups is 1. The summed E-state index contributed by atoms with van der Waals surface area (Å²) in [6.07, 6.45) is 0. The molecule has 0 bridgehead atoms. The van der Waals surface area contributed by atoms with Gasteiger partial charge in [0.05, 0.1) is 0 Å². The second-order valence-electron chi connectivity index (χ2n) is 5.16. The Labute approximate surface area is 126 Å². The van der Waals surface area contributed by atoms with E-state index in [0.29, 0.717) is 11.0 Å². The van der Waals surface area contributed by atoms with Crippen LogP contribution in [0.3, 0.4) is 0 Å². The molecule has 106 valence electrons. The lowest BCUT2D eigenvalue weighted by atomic mass is 9.99. The van der Waals surface area contributed by atoms with Crippen molar-refractivity contribution in [3.8, 4) is 16.9 Å². The number of phenols is 1. The Morgan fingerprint density at radius 1 is 0.773 bits per heavy atom. The van der Waals surface area contributed by atoms with Gasteiger partial charge in [-0.25, -0.2) is 4.79 Å². The van der Waals surface area contributed by atoms with Gasteiger partial charge in [-0.1, -0.05) is 42.5 Å². The molecule has 4 aromatic rings. The van der Waals surface area contributed by atoms with Gasteiger partial charge in [0.2, 0.25) is 0 Å². The average Bonchev–Trinajstić information content (AvgIpc) is 2.55. The summed E-state index contributed by atoms with van der Waals surface area (Å²) in [5.74, 6) is 0.173. The first-order valence-corrected chi connectivity index (χ1v) is 6.98. The summed E-state index contributed by atoms with van der Waals surface area (Å²) in [5, 5.41) is 12.2. The number of fused-ring (bicyclic) bond motifs is 3. The Balaban J connectivity index is 2.19. The normalized spacial score (nSPS) is 11.1. The minimum Gasteiger partial charge on any atom is -0.507 e. The van der Waals surface area contributed by atoms with Crippen molar-refractivity contribution in [3.05, 3.63) is 77.2 Å². The third kappa shape index (κ3) is 1.87. The number of phenolic OH excluding ortho intramolecular Hbond substituents is 1. The highest BCUT2D eigenvalue weighted by Crippen LogP contribution is 2.34. The summed E-state index contributed by atoms with van der Waals surface area (Å²) in [6.45, 7) is 0. The Morgan fingerprint density at radius 2 is 1.55 bits per heavy atom. The van der Waals surface area contributed by atoms with E-state index < -0.39 is 5.63 Å². The van der Waals surface area contributed by atoms with Gasteiger partial charge in [0.25, 0.3) is 0 Å². The van der Waals surface area contributed by atoms with E-state index in [2.05, 4.69) is 0 Å². The molecule has 0 aliphatic heterocycles. The van der Waals surface area contributed by atoms with Crippen LogP contribution in [-0.4, -0.2) is 5.11 Å². The van der Waals surface area contributed by atoms with Crippen molar-refractivity contribution >= 4 is 21.7 Å². The molecule has 1 heterocycles. The minimum absolute atomic E-state index is 0.173. The molecule has 0 aliphatic rings. The van der Waals surface area contributed by atoms with Crippen LogP contribution in [0.1, 0.15) is 0 Å². The van der Waals surface area contributed by atoms with E-state index in [0.717, 1.165) is 21.9 Å². The van der Waals surface area contributed by atoms with E-state index in [4.69, 9.17) is 4.42 Å². The maximum absolute atomic E-state index is 12.0. The van der Waals surface area contributed by atoms with E-state index in [1.807, 2.05) is 48.5 Å². The molecule has 0 amide bonds. The zero-order valence-corrected chi connectivity index (χ0v) is 11.6. The fourth-order valence-corrected chi connectivity index (χ4v) is 2.82. The molecule has 0 spiro atoms. The van der Waals surface area contributed by atoms with Gasteiger partial charge >= 0.3 is 5.63 Å². The molecule has 1 aromatic heterocycles. The molecule has 0 saturated heterocycles. The van der Waals surface area contributed by atoms with Crippen molar-refractivity contribution in [1.29, 1.82) is 0 Å². The van der Waals surface area contributed by atoms with E-state index in [1.54, 1.807) is 12.1 Å². The minimum atomic E-state index is -0.401. The van der Waals surface area contributed by atoms with Crippen LogP contribution in [0, 0.1) is 0 Å². The summed E-state index contributed by atoms with van der Waals surface area (Å²) >= 11 is 0. The first-order valence-electron chi connectivity index (χ1n) is 6.98. The molecule has 0 aliphatic carbocycles. The van der Waals surface area contributed by atoms with Crippen LogP contribution in [0.4, 0.5) is 0 Å². The predicted molar refractivity (Wildman–Crippen MR) is 87.1 cm³/mol. The second kappa shape index (κ2) is 4.74. The van der Waals surface area contributed by atoms with Crippen LogP contribution in [-0.2, 0) is 0 Å². The van der Waals surface area contributed by atoms with Crippen molar-refractivity contribution in [2.45, 2.75) is 0 Å². The fourth-order valence-electron chi connectivity index (χ4n) is 2.82. The third-order valence-corrected chi connectivity index (χ3v) is 3.83. The average molecular weight is 288 g/mol. The number of benzene rings is 3. The van der Waals surface area contributed by atoms with Gasteiger partial charge in [0.1, 0.15) is 11.3 Å². The molecule has 4 rings (SSSR count). The van der Waals surface area contributed by atoms with Crippen molar-refractivity contribution in [1.82, 2.24) is 0 Å². The fraction of sp³-hybridized carbons (Fsp3) is 0. The van der Waals surface area contributed by atoms with Crippen LogP contribution in [0.25, 0.3) is 32.9 Å². The summed E-state index contributed by atoms with van der Waals surface area (Å²) in [7, 11) is 0. The van der Waals surface area contributed by atoms with Crippen molar-refractivity contribution in [2.75, 3.05) is 0 Å². The Kier molecular flexibility index (Phi) is 2.73. The molecular weight excluding hydrogens is 276 g/mol. The highest BCUT2D eigenvalue weighted by molar-refractivity contribution is 6.10. The predicted octanol–water partition coefficient (Wildman–Crippen LogP) is 4.32. The maximum atomic E-state index is 12.0. The lowest BCUT2D eigenvalue weighted by Gasteiger charge is -2.08. The standard InChI is InChI=1S/C19H12O3/c20-17-8-4-7-14-13(17)9-10-15-16(11-18(21)22-19(14)15)12-5-2-1-3-6-12/h1-11,20H. The van der Waals surface area contributed by atoms with Gasteiger partial charge in [0.15, 0.2) is 0 Å². The number of hydrogen-bond acceptors (Lipinski definition) is 3. The van der Waals surface area contributed by atoms with Gasteiger partial charge in [-0.3, -0.25) is 0 Å². The molecule has 22 heavy (non-hydrogen) atoms. The molecule has 3 aromatic carbocycles. The Morgan fingerprint density at radius 3 is 2.36 bits per heavy atom. The van der Waals surface area contributed by atoms with E-state index in [9.17, 15) is 9.90 Å². The SMILES string of the molecule is O=c1cc(-c2ccccc2)c2ccc3c(O)cccc3c2o1. The zero-order valence-electron chi connectivity index (χ0n) is 11.6. The number of rotatable bonds is 1. The van der Waals surface area contributed by atoms with Crippen LogP contribution in [0.5, 0.6) is 5.75 Å². The monoisotopic (exact) mass is 288 g/mol. The smallest absolute Gasteiger partial charge is 0.336 e. The van der Waals surface area contributed by atoms with Gasteiger partial charge < -0.3 is 9.52 Å². The highest BCUT2D eigenvalue weighted by atomic mass is 16.4. The molecule has 1 N–H and O–H groups in total. The molecule has 3 heteroatoms. The lowest BCUT2D eigenvalue weighted by molar-refractivity contribution is 0.481. The maximum Gasteiger partial charge on any atom is 0.336 e. The van der Waals surface area contributed by atoms with Crippen LogP contribution in [0.2, 0.25) is 0 Å². The van der Waals surface area contributed by atoms with Crippen LogP contribution in [0.15, 0.2) is 75.9 Å². The van der Waals surface area contributed by atoms with Crippen molar-refractivity contribution in [3.63, 3.8) is 0 Å². The summed E-state index contributed by atoms with van der Waals surface area (Å²) in [6, 6.07) is 20.2. The van der Waals surface area contributed by atoms with E-state index >= 15 is 0 Å². The zero-order chi connectivity index (χ0) is 15.1. The van der Waals surface area contributed by atoms with Gasteiger partial charge in [-0.15, -0.1) is 0 Å². The first-order chi connectivity index (χ1) is 10.7. The van der Waals surface area contributed by atoms with Crippen molar-refractivity contribution in [2.24, 2.45) is 0 Å². The topological polar surface area (TPSA) is 50.4 Å². The molecule has 3 nitrogen and oxygen atoms in total. The highest BCUT2D eigenvalue weighted by Gasteiger charge is 2.11. The van der Waals surface area contributed by atoms with Crippen LogP contribution >= 0.6 is 0 Å². The molecular formula is C19H12O3. The second-order valence-corrected chi connectivity index (χ2v) is 5.16.